The lowest BCUT2D eigenvalue weighted by Crippen LogP contribution is -1.98. The van der Waals surface area contributed by atoms with Gasteiger partial charge in [-0.3, -0.25) is 4.40 Å². The summed E-state index contributed by atoms with van der Waals surface area (Å²) >= 11 is 0. The topological polar surface area (TPSA) is 60.4 Å². The summed E-state index contributed by atoms with van der Waals surface area (Å²) in [7, 11) is 0. The molecule has 0 saturated heterocycles. The predicted molar refractivity (Wildman–Crippen MR) is 57.0 cm³/mol. The molecule has 4 rings (SSSR count). The maximum atomic E-state index is 4.50. The van der Waals surface area contributed by atoms with Crippen LogP contribution in [-0.2, 0) is 0 Å². The van der Waals surface area contributed by atoms with Gasteiger partial charge in [-0.15, -0.1) is 0 Å². The van der Waals surface area contributed by atoms with Crippen LogP contribution in [0.15, 0.2) is 36.9 Å². The number of benzene rings is 1. The summed E-state index contributed by atoms with van der Waals surface area (Å²) in [5.41, 5.74) is 1.94. The number of fused-ring (bicyclic) bond motifs is 5. The van der Waals surface area contributed by atoms with Crippen LogP contribution in [0.1, 0.15) is 0 Å². The van der Waals surface area contributed by atoms with Crippen LogP contribution in [0.25, 0.3) is 22.6 Å². The lowest BCUT2D eigenvalue weighted by Gasteiger charge is -1.94. The zero-order valence-corrected chi connectivity index (χ0v) is 8.15. The maximum Gasteiger partial charge on any atom is 0.256 e. The third-order valence-corrected chi connectivity index (χ3v) is 2.59. The molecule has 76 valence electrons. The lowest BCUT2D eigenvalue weighted by atomic mass is 10.3. The first-order valence-electron chi connectivity index (χ1n) is 4.85. The molecule has 0 atom stereocenters. The molecule has 6 heteroatoms. The van der Waals surface area contributed by atoms with E-state index in [1.807, 2.05) is 28.7 Å². The summed E-state index contributed by atoms with van der Waals surface area (Å²) in [6.45, 7) is 0. The van der Waals surface area contributed by atoms with Crippen LogP contribution < -0.4 is 0 Å². The Labute approximate surface area is 89.2 Å². The number of hydrogen-bond acceptors (Lipinski definition) is 4. The zero-order valence-electron chi connectivity index (χ0n) is 8.15. The fraction of sp³-hybridized carbons (Fsp3) is 0. The quantitative estimate of drug-likeness (QED) is 0.433. The largest absolute Gasteiger partial charge is 0.267 e. The smallest absolute Gasteiger partial charge is 0.256 e. The van der Waals surface area contributed by atoms with E-state index < -0.39 is 0 Å². The molecule has 0 bridgehead atoms. The van der Waals surface area contributed by atoms with Crippen molar-refractivity contribution < 1.29 is 0 Å². The number of hydrogen-bond donors (Lipinski definition) is 0. The van der Waals surface area contributed by atoms with Gasteiger partial charge in [-0.25, -0.2) is 9.97 Å². The SMILES string of the molecule is c1ccc2c(c1)nc1n2cnc2ncnn21. The Morgan fingerprint density at radius 2 is 2.00 bits per heavy atom. The molecule has 0 unspecified atom stereocenters. The highest BCUT2D eigenvalue weighted by atomic mass is 15.4. The molecule has 0 saturated carbocycles. The van der Waals surface area contributed by atoms with E-state index in [0.717, 1.165) is 16.8 Å². The monoisotopic (exact) mass is 210 g/mol. The number of para-hydroxylation sites is 2. The molecule has 16 heavy (non-hydrogen) atoms. The van der Waals surface area contributed by atoms with Crippen molar-refractivity contribution in [3.8, 4) is 0 Å². The van der Waals surface area contributed by atoms with Crippen LogP contribution in [0.2, 0.25) is 0 Å². The first-order valence-corrected chi connectivity index (χ1v) is 4.85. The standard InChI is InChI=1S/C10H6N6/c1-2-4-8-7(3-1)14-10-15(8)6-12-9-11-5-13-16(9)10/h1-6H. The summed E-state index contributed by atoms with van der Waals surface area (Å²) in [6, 6.07) is 7.90. The summed E-state index contributed by atoms with van der Waals surface area (Å²) in [4.78, 5) is 12.7. The van der Waals surface area contributed by atoms with E-state index >= 15 is 0 Å². The van der Waals surface area contributed by atoms with E-state index in [9.17, 15) is 0 Å². The highest BCUT2D eigenvalue weighted by molar-refractivity contribution is 5.79. The van der Waals surface area contributed by atoms with Crippen LogP contribution in [-0.4, -0.2) is 29.0 Å². The molecule has 3 heterocycles. The number of aromatic nitrogens is 6. The fourth-order valence-corrected chi connectivity index (χ4v) is 1.87. The highest BCUT2D eigenvalue weighted by Crippen LogP contribution is 2.15. The minimum absolute atomic E-state index is 0.558. The molecule has 4 aromatic rings. The highest BCUT2D eigenvalue weighted by Gasteiger charge is 2.08. The molecular formula is C10H6N6. The molecule has 3 aromatic heterocycles. The second-order valence-electron chi connectivity index (χ2n) is 3.49. The minimum Gasteiger partial charge on any atom is -0.267 e. The van der Waals surface area contributed by atoms with E-state index in [1.165, 1.54) is 6.33 Å². The first-order chi connectivity index (χ1) is 7.93. The van der Waals surface area contributed by atoms with Gasteiger partial charge in [0.25, 0.3) is 5.78 Å². The average Bonchev–Trinajstić information content (AvgIpc) is 2.92. The van der Waals surface area contributed by atoms with Crippen LogP contribution in [0.3, 0.4) is 0 Å². The Hall–Kier alpha value is -2.50. The predicted octanol–water partition coefficient (Wildman–Crippen LogP) is 0.925. The molecular weight excluding hydrogens is 204 g/mol. The van der Waals surface area contributed by atoms with Gasteiger partial charge in [0.2, 0.25) is 5.78 Å². The second kappa shape index (κ2) is 2.54. The van der Waals surface area contributed by atoms with Crippen LogP contribution in [0.5, 0.6) is 0 Å². The van der Waals surface area contributed by atoms with E-state index in [1.54, 1.807) is 10.8 Å². The molecule has 0 N–H and O–H groups in total. The van der Waals surface area contributed by atoms with Crippen molar-refractivity contribution in [2.45, 2.75) is 0 Å². The van der Waals surface area contributed by atoms with Gasteiger partial charge in [0.1, 0.15) is 12.7 Å². The average molecular weight is 210 g/mol. The van der Waals surface area contributed by atoms with Gasteiger partial charge in [-0.05, 0) is 12.1 Å². The normalized spacial score (nSPS) is 11.8. The van der Waals surface area contributed by atoms with Crippen molar-refractivity contribution in [1.29, 1.82) is 0 Å². The van der Waals surface area contributed by atoms with Gasteiger partial charge in [0.05, 0.1) is 11.0 Å². The van der Waals surface area contributed by atoms with E-state index in [2.05, 4.69) is 20.1 Å². The molecule has 0 aliphatic rings. The molecule has 0 radical (unpaired) electrons. The Morgan fingerprint density at radius 3 is 3.00 bits per heavy atom. The van der Waals surface area contributed by atoms with Crippen LogP contribution in [0.4, 0.5) is 0 Å². The van der Waals surface area contributed by atoms with Crippen molar-refractivity contribution in [2.75, 3.05) is 0 Å². The number of imidazole rings is 1. The van der Waals surface area contributed by atoms with Gasteiger partial charge in [-0.2, -0.15) is 14.6 Å². The Kier molecular flexibility index (Phi) is 1.23. The van der Waals surface area contributed by atoms with Crippen LogP contribution >= 0.6 is 0 Å². The maximum absolute atomic E-state index is 4.50. The summed E-state index contributed by atoms with van der Waals surface area (Å²) in [5.74, 6) is 1.28. The van der Waals surface area contributed by atoms with Gasteiger partial charge in [0, 0.05) is 0 Å². The third-order valence-electron chi connectivity index (χ3n) is 2.59. The summed E-state index contributed by atoms with van der Waals surface area (Å²) < 4.78 is 3.52. The minimum atomic E-state index is 0.558. The van der Waals surface area contributed by atoms with E-state index in [-0.39, 0.29) is 0 Å². The fourth-order valence-electron chi connectivity index (χ4n) is 1.87. The molecule has 0 aliphatic heterocycles. The summed E-state index contributed by atoms with van der Waals surface area (Å²) in [5, 5.41) is 4.10. The van der Waals surface area contributed by atoms with E-state index in [0.29, 0.717) is 5.78 Å². The van der Waals surface area contributed by atoms with Gasteiger partial charge in [-0.1, -0.05) is 12.1 Å². The van der Waals surface area contributed by atoms with Gasteiger partial charge >= 0.3 is 0 Å². The molecule has 1 aromatic carbocycles. The number of nitrogens with zero attached hydrogens (tertiary/aromatic N) is 6. The summed E-state index contributed by atoms with van der Waals surface area (Å²) in [6.07, 6.45) is 3.19. The molecule has 0 amide bonds. The number of rotatable bonds is 0. The van der Waals surface area contributed by atoms with Gasteiger partial charge in [0.15, 0.2) is 0 Å². The van der Waals surface area contributed by atoms with Crippen molar-refractivity contribution >= 4 is 22.6 Å². The molecule has 6 nitrogen and oxygen atoms in total. The van der Waals surface area contributed by atoms with Crippen LogP contribution in [0, 0.1) is 0 Å². The Bertz CT molecular complexity index is 812. The van der Waals surface area contributed by atoms with E-state index in [4.69, 9.17) is 0 Å². The molecule has 0 fully saturated rings. The van der Waals surface area contributed by atoms with Crippen molar-refractivity contribution in [1.82, 2.24) is 29.0 Å². The second-order valence-corrected chi connectivity index (χ2v) is 3.49. The Balaban J connectivity index is 2.38. The van der Waals surface area contributed by atoms with Crippen molar-refractivity contribution in [3.63, 3.8) is 0 Å². The van der Waals surface area contributed by atoms with Crippen molar-refractivity contribution in [2.24, 2.45) is 0 Å². The molecule has 0 aliphatic carbocycles. The molecule has 0 spiro atoms. The zero-order chi connectivity index (χ0) is 10.5. The lowest BCUT2D eigenvalue weighted by molar-refractivity contribution is 0.906. The Morgan fingerprint density at radius 1 is 1.06 bits per heavy atom. The van der Waals surface area contributed by atoms with Gasteiger partial charge < -0.3 is 0 Å². The van der Waals surface area contributed by atoms with Crippen molar-refractivity contribution in [3.05, 3.63) is 36.9 Å². The first kappa shape index (κ1) is 7.75. The third kappa shape index (κ3) is 0.813.